The van der Waals surface area contributed by atoms with Crippen LogP contribution in [-0.2, 0) is 0 Å². The fourth-order valence-electron chi connectivity index (χ4n) is 2.09. The molecule has 1 aliphatic heterocycles. The molecule has 0 atom stereocenters. The summed E-state index contributed by atoms with van der Waals surface area (Å²) >= 11 is 0. The molecule has 0 radical (unpaired) electrons. The summed E-state index contributed by atoms with van der Waals surface area (Å²) in [5, 5.41) is 3.29. The van der Waals surface area contributed by atoms with E-state index in [1.54, 1.807) is 6.07 Å². The van der Waals surface area contributed by atoms with Crippen LogP contribution in [-0.4, -0.2) is 25.1 Å². The van der Waals surface area contributed by atoms with Crippen molar-refractivity contribution in [3.8, 4) is 5.75 Å². The molecule has 92 valence electrons. The zero-order chi connectivity index (χ0) is 12.3. The summed E-state index contributed by atoms with van der Waals surface area (Å²) in [6.07, 6.45) is 2.32. The lowest BCUT2D eigenvalue weighted by Gasteiger charge is -2.24. The predicted molar refractivity (Wildman–Crippen MR) is 66.2 cm³/mol. The number of primary amides is 1. The van der Waals surface area contributed by atoms with Crippen molar-refractivity contribution >= 4 is 5.91 Å². The van der Waals surface area contributed by atoms with E-state index in [9.17, 15) is 4.79 Å². The van der Waals surface area contributed by atoms with Gasteiger partial charge in [-0.15, -0.1) is 0 Å². The second kappa shape index (κ2) is 5.19. The minimum Gasteiger partial charge on any atom is -0.490 e. The van der Waals surface area contributed by atoms with Gasteiger partial charge in [-0.1, -0.05) is 0 Å². The minimum absolute atomic E-state index is 0.273. The first kappa shape index (κ1) is 11.9. The van der Waals surface area contributed by atoms with E-state index in [-0.39, 0.29) is 6.10 Å². The molecule has 0 aliphatic carbocycles. The Morgan fingerprint density at radius 1 is 1.41 bits per heavy atom. The Morgan fingerprint density at radius 2 is 2.12 bits per heavy atom. The number of piperidine rings is 1. The molecular formula is C13H18N2O2. The van der Waals surface area contributed by atoms with E-state index in [1.165, 1.54) is 0 Å². The third kappa shape index (κ3) is 2.97. The first-order chi connectivity index (χ1) is 8.16. The molecular weight excluding hydrogens is 216 g/mol. The molecule has 0 spiro atoms. The van der Waals surface area contributed by atoms with Gasteiger partial charge in [0.2, 0.25) is 5.91 Å². The number of aryl methyl sites for hydroxylation is 1. The number of hydrogen-bond acceptors (Lipinski definition) is 3. The second-order valence-electron chi connectivity index (χ2n) is 4.41. The second-order valence-corrected chi connectivity index (χ2v) is 4.41. The molecule has 0 bridgehead atoms. The van der Waals surface area contributed by atoms with Crippen LogP contribution in [0.15, 0.2) is 18.2 Å². The molecule has 4 heteroatoms. The van der Waals surface area contributed by atoms with Gasteiger partial charge in [0, 0.05) is 5.56 Å². The normalized spacial score (nSPS) is 16.8. The van der Waals surface area contributed by atoms with Crippen LogP contribution >= 0.6 is 0 Å². The molecule has 0 unspecified atom stereocenters. The molecule has 4 nitrogen and oxygen atoms in total. The van der Waals surface area contributed by atoms with Gasteiger partial charge in [-0.25, -0.2) is 0 Å². The number of carbonyl (C=O) groups excluding carboxylic acids is 1. The van der Waals surface area contributed by atoms with Crippen molar-refractivity contribution in [2.75, 3.05) is 13.1 Å². The number of benzene rings is 1. The van der Waals surface area contributed by atoms with E-state index in [4.69, 9.17) is 10.5 Å². The van der Waals surface area contributed by atoms with Crippen molar-refractivity contribution < 1.29 is 9.53 Å². The Balaban J connectivity index is 2.06. The van der Waals surface area contributed by atoms with Gasteiger partial charge in [-0.05, 0) is 56.6 Å². The summed E-state index contributed by atoms with van der Waals surface area (Å²) in [6, 6.07) is 5.42. The molecule has 0 aromatic heterocycles. The van der Waals surface area contributed by atoms with Gasteiger partial charge in [-0.2, -0.15) is 0 Å². The summed E-state index contributed by atoms with van der Waals surface area (Å²) in [5.74, 6) is 0.426. The van der Waals surface area contributed by atoms with Gasteiger partial charge in [0.05, 0.1) is 0 Å². The quantitative estimate of drug-likeness (QED) is 0.826. The van der Waals surface area contributed by atoms with Crippen molar-refractivity contribution in [1.29, 1.82) is 0 Å². The smallest absolute Gasteiger partial charge is 0.248 e. The Morgan fingerprint density at radius 3 is 2.71 bits per heavy atom. The highest BCUT2D eigenvalue weighted by Crippen LogP contribution is 2.20. The van der Waals surface area contributed by atoms with Crippen LogP contribution in [0.3, 0.4) is 0 Å². The molecule has 2 rings (SSSR count). The third-order valence-corrected chi connectivity index (χ3v) is 3.05. The lowest BCUT2D eigenvalue weighted by molar-refractivity contribution is 0.0999. The van der Waals surface area contributed by atoms with E-state index < -0.39 is 5.91 Å². The number of nitrogens with two attached hydrogens (primary N) is 1. The Kier molecular flexibility index (Phi) is 3.64. The van der Waals surface area contributed by atoms with Crippen LogP contribution in [0.4, 0.5) is 0 Å². The summed E-state index contributed by atoms with van der Waals surface area (Å²) in [5.41, 5.74) is 6.68. The highest BCUT2D eigenvalue weighted by atomic mass is 16.5. The highest BCUT2D eigenvalue weighted by molar-refractivity contribution is 5.94. The number of rotatable bonds is 3. The maximum Gasteiger partial charge on any atom is 0.248 e. The maximum atomic E-state index is 11.1. The van der Waals surface area contributed by atoms with Gasteiger partial charge < -0.3 is 15.8 Å². The molecule has 17 heavy (non-hydrogen) atoms. The van der Waals surface area contributed by atoms with Crippen molar-refractivity contribution in [2.24, 2.45) is 5.73 Å². The molecule has 1 saturated heterocycles. The van der Waals surface area contributed by atoms with E-state index in [2.05, 4.69) is 5.32 Å². The number of amides is 1. The van der Waals surface area contributed by atoms with Crippen LogP contribution in [0.25, 0.3) is 0 Å². The van der Waals surface area contributed by atoms with Gasteiger partial charge in [0.1, 0.15) is 11.9 Å². The van der Waals surface area contributed by atoms with E-state index in [1.807, 2.05) is 19.1 Å². The van der Waals surface area contributed by atoms with Crippen molar-refractivity contribution in [3.63, 3.8) is 0 Å². The van der Waals surface area contributed by atoms with Gasteiger partial charge in [-0.3, -0.25) is 4.79 Å². The Hall–Kier alpha value is -1.55. The highest BCUT2D eigenvalue weighted by Gasteiger charge is 2.15. The summed E-state index contributed by atoms with van der Waals surface area (Å²) in [6.45, 7) is 3.88. The van der Waals surface area contributed by atoms with Crippen LogP contribution in [0, 0.1) is 6.92 Å². The minimum atomic E-state index is -0.393. The molecule has 1 fully saturated rings. The lowest BCUT2D eigenvalue weighted by Crippen LogP contribution is -2.34. The van der Waals surface area contributed by atoms with Crippen LogP contribution < -0.4 is 15.8 Å². The molecule has 1 aromatic rings. The predicted octanol–water partition coefficient (Wildman–Crippen LogP) is 1.22. The average molecular weight is 234 g/mol. The van der Waals surface area contributed by atoms with Gasteiger partial charge in [0.15, 0.2) is 0 Å². The first-order valence-electron chi connectivity index (χ1n) is 5.94. The van der Waals surface area contributed by atoms with Crippen LogP contribution in [0.1, 0.15) is 28.8 Å². The number of nitrogens with one attached hydrogen (secondary N) is 1. The topological polar surface area (TPSA) is 64.3 Å². The van der Waals surface area contributed by atoms with Gasteiger partial charge in [0.25, 0.3) is 0 Å². The Labute approximate surface area is 101 Å². The SMILES string of the molecule is Cc1cc(OC2CCNCC2)ccc1C(N)=O. The monoisotopic (exact) mass is 234 g/mol. The standard InChI is InChI=1S/C13H18N2O2/c1-9-8-11(2-3-12(9)13(14)16)17-10-4-6-15-7-5-10/h2-3,8,10,15H,4-7H2,1H3,(H2,14,16). The van der Waals surface area contributed by atoms with Crippen molar-refractivity contribution in [3.05, 3.63) is 29.3 Å². The molecule has 1 heterocycles. The maximum absolute atomic E-state index is 11.1. The van der Waals surface area contributed by atoms with E-state index >= 15 is 0 Å². The fraction of sp³-hybridized carbons (Fsp3) is 0.462. The molecule has 1 aromatic carbocycles. The summed E-state index contributed by atoms with van der Waals surface area (Å²) in [7, 11) is 0. The molecule has 0 saturated carbocycles. The zero-order valence-electron chi connectivity index (χ0n) is 10.0. The van der Waals surface area contributed by atoms with Crippen molar-refractivity contribution in [1.82, 2.24) is 5.32 Å². The van der Waals surface area contributed by atoms with Crippen LogP contribution in [0.5, 0.6) is 5.75 Å². The molecule has 3 N–H and O–H groups in total. The lowest BCUT2D eigenvalue weighted by atomic mass is 10.1. The largest absolute Gasteiger partial charge is 0.490 e. The Bertz CT molecular complexity index is 412. The van der Waals surface area contributed by atoms with Crippen molar-refractivity contribution in [2.45, 2.75) is 25.9 Å². The average Bonchev–Trinajstić information content (AvgIpc) is 2.30. The van der Waals surface area contributed by atoms with E-state index in [0.717, 1.165) is 37.2 Å². The van der Waals surface area contributed by atoms with Gasteiger partial charge >= 0.3 is 0 Å². The number of carbonyl (C=O) groups is 1. The summed E-state index contributed by atoms with van der Waals surface area (Å²) in [4.78, 5) is 11.1. The number of ether oxygens (including phenoxy) is 1. The van der Waals surface area contributed by atoms with Crippen LogP contribution in [0.2, 0.25) is 0 Å². The number of hydrogen-bond donors (Lipinski definition) is 2. The molecule has 1 amide bonds. The molecule has 1 aliphatic rings. The summed E-state index contributed by atoms with van der Waals surface area (Å²) < 4.78 is 5.88. The fourth-order valence-corrected chi connectivity index (χ4v) is 2.09. The first-order valence-corrected chi connectivity index (χ1v) is 5.94. The van der Waals surface area contributed by atoms with E-state index in [0.29, 0.717) is 5.56 Å². The zero-order valence-corrected chi connectivity index (χ0v) is 10.0. The third-order valence-electron chi connectivity index (χ3n) is 3.05.